The first-order valence-electron chi connectivity index (χ1n) is 12.3. The summed E-state index contributed by atoms with van der Waals surface area (Å²) in [6.07, 6.45) is 1.37. The van der Waals surface area contributed by atoms with E-state index >= 15 is 4.39 Å². The molecule has 1 aliphatic rings. The lowest BCUT2D eigenvalue weighted by atomic mass is 10.0. The smallest absolute Gasteiger partial charge is 0.337 e. The number of ketones is 1. The van der Waals surface area contributed by atoms with Crippen molar-refractivity contribution in [1.29, 1.82) is 0 Å². The number of nitrogens with zero attached hydrogens (tertiary/aromatic N) is 2. The summed E-state index contributed by atoms with van der Waals surface area (Å²) in [5.41, 5.74) is 2.47. The number of esters is 1. The Bertz CT molecular complexity index is 1250. The Morgan fingerprint density at radius 3 is 2.37 bits per heavy atom. The van der Waals surface area contributed by atoms with Crippen LogP contribution < -0.4 is 15.0 Å². The standard InChI is InChI=1S/C29H30FN3O5/c1-32(23-7-4-3-5-8-23)29(36)31-22-14-10-20(11-15-22)19-26(34)25-9-6-18-33(25)28(30)38-24-16-12-21(13-17-24)27(35)37-2/h3-5,7-8,10-17,25,28H,6,9,18-19H2,1-2H3,(H,31,36)/t25-,28-/m0/s1. The molecule has 8 nitrogen and oxygen atoms in total. The summed E-state index contributed by atoms with van der Waals surface area (Å²) in [7, 11) is 2.97. The molecule has 2 atom stereocenters. The Kier molecular flexibility index (Phi) is 8.70. The maximum atomic E-state index is 15.0. The van der Waals surface area contributed by atoms with Gasteiger partial charge in [-0.05, 0) is 66.9 Å². The number of methoxy groups -OCH3 is 1. The molecule has 3 aromatic rings. The summed E-state index contributed by atoms with van der Waals surface area (Å²) in [6, 6.07) is 21.4. The molecular weight excluding hydrogens is 489 g/mol. The van der Waals surface area contributed by atoms with Gasteiger partial charge in [0.05, 0.1) is 18.7 Å². The van der Waals surface area contributed by atoms with Gasteiger partial charge in [0.15, 0.2) is 5.78 Å². The van der Waals surface area contributed by atoms with E-state index in [1.807, 2.05) is 30.3 Å². The number of para-hydroxylation sites is 1. The lowest BCUT2D eigenvalue weighted by Gasteiger charge is -2.27. The summed E-state index contributed by atoms with van der Waals surface area (Å²) in [5, 5.41) is 2.84. The normalized spacial score (nSPS) is 15.9. The third-order valence-electron chi connectivity index (χ3n) is 6.47. The third-order valence-corrected chi connectivity index (χ3v) is 6.47. The predicted molar refractivity (Wildman–Crippen MR) is 142 cm³/mol. The van der Waals surface area contributed by atoms with Gasteiger partial charge in [-0.15, -0.1) is 0 Å². The fourth-order valence-electron chi connectivity index (χ4n) is 4.35. The van der Waals surface area contributed by atoms with Gasteiger partial charge in [0.1, 0.15) is 5.75 Å². The predicted octanol–water partition coefficient (Wildman–Crippen LogP) is 5.05. The van der Waals surface area contributed by atoms with Gasteiger partial charge < -0.3 is 14.8 Å². The number of carbonyl (C=O) groups is 3. The van der Waals surface area contributed by atoms with E-state index in [9.17, 15) is 14.4 Å². The van der Waals surface area contributed by atoms with Crippen LogP contribution in [0, 0.1) is 0 Å². The molecule has 3 aromatic carbocycles. The average Bonchev–Trinajstić information content (AvgIpc) is 3.45. The summed E-state index contributed by atoms with van der Waals surface area (Å²) < 4.78 is 25.1. The minimum Gasteiger partial charge on any atom is -0.465 e. The van der Waals surface area contributed by atoms with Crippen LogP contribution in [0.2, 0.25) is 0 Å². The van der Waals surface area contributed by atoms with E-state index in [-0.39, 0.29) is 24.0 Å². The van der Waals surface area contributed by atoms with Crippen molar-refractivity contribution in [3.05, 3.63) is 90.0 Å². The van der Waals surface area contributed by atoms with Crippen LogP contribution in [-0.4, -0.2) is 55.9 Å². The highest BCUT2D eigenvalue weighted by molar-refractivity contribution is 6.01. The average molecular weight is 520 g/mol. The summed E-state index contributed by atoms with van der Waals surface area (Å²) >= 11 is 0. The second-order valence-corrected chi connectivity index (χ2v) is 8.99. The number of ether oxygens (including phenoxy) is 2. The summed E-state index contributed by atoms with van der Waals surface area (Å²) in [4.78, 5) is 40.1. The van der Waals surface area contributed by atoms with Crippen LogP contribution in [0.4, 0.5) is 20.6 Å². The Morgan fingerprint density at radius 1 is 1.03 bits per heavy atom. The Balaban J connectivity index is 1.31. The number of rotatable bonds is 9. The van der Waals surface area contributed by atoms with Gasteiger partial charge >= 0.3 is 12.0 Å². The molecule has 1 fully saturated rings. The molecule has 0 unspecified atom stereocenters. The molecule has 0 spiro atoms. The van der Waals surface area contributed by atoms with E-state index in [1.165, 1.54) is 41.2 Å². The maximum absolute atomic E-state index is 15.0. The second kappa shape index (κ2) is 12.3. The zero-order valence-electron chi connectivity index (χ0n) is 21.3. The number of alkyl halides is 1. The van der Waals surface area contributed by atoms with Gasteiger partial charge in [-0.1, -0.05) is 30.3 Å². The van der Waals surface area contributed by atoms with Crippen molar-refractivity contribution in [1.82, 2.24) is 4.90 Å². The van der Waals surface area contributed by atoms with Crippen molar-refractivity contribution >= 4 is 29.2 Å². The van der Waals surface area contributed by atoms with Crippen molar-refractivity contribution in [2.75, 3.05) is 30.9 Å². The van der Waals surface area contributed by atoms with Crippen LogP contribution in [0.15, 0.2) is 78.9 Å². The van der Waals surface area contributed by atoms with Crippen LogP contribution in [0.25, 0.3) is 0 Å². The highest BCUT2D eigenvalue weighted by atomic mass is 19.1. The molecular formula is C29H30FN3O5. The van der Waals surface area contributed by atoms with Gasteiger partial charge in [-0.3, -0.25) is 9.69 Å². The van der Waals surface area contributed by atoms with Gasteiger partial charge in [-0.2, -0.15) is 4.39 Å². The van der Waals surface area contributed by atoms with Crippen molar-refractivity contribution in [3.63, 3.8) is 0 Å². The van der Waals surface area contributed by atoms with Crippen molar-refractivity contribution < 1.29 is 28.2 Å². The van der Waals surface area contributed by atoms with Crippen LogP contribution in [0.3, 0.4) is 0 Å². The van der Waals surface area contributed by atoms with Gasteiger partial charge in [0.2, 0.25) is 0 Å². The zero-order chi connectivity index (χ0) is 27.1. The number of likely N-dealkylation sites (tertiary alicyclic amines) is 1. The number of benzene rings is 3. The van der Waals surface area contributed by atoms with Crippen molar-refractivity contribution in [2.24, 2.45) is 0 Å². The molecule has 1 N–H and O–H groups in total. The molecule has 1 aliphatic heterocycles. The minimum absolute atomic E-state index is 0.101. The molecule has 9 heteroatoms. The Hall–Kier alpha value is -4.24. The molecule has 1 saturated heterocycles. The summed E-state index contributed by atoms with van der Waals surface area (Å²) in [5.74, 6) is -0.345. The monoisotopic (exact) mass is 519 g/mol. The largest absolute Gasteiger partial charge is 0.465 e. The number of nitrogens with one attached hydrogen (secondary N) is 1. The number of carbonyl (C=O) groups excluding carboxylic acids is 3. The molecule has 38 heavy (non-hydrogen) atoms. The fourth-order valence-corrected chi connectivity index (χ4v) is 4.35. The SMILES string of the molecule is COC(=O)c1ccc(O[C@@H](F)N2CCC[C@H]2C(=O)Cc2ccc(NC(=O)N(C)c3ccccc3)cc2)cc1. The lowest BCUT2D eigenvalue weighted by molar-refractivity contribution is -0.133. The molecule has 0 aliphatic carbocycles. The number of urea groups is 1. The van der Waals surface area contributed by atoms with Crippen LogP contribution in [-0.2, 0) is 16.0 Å². The second-order valence-electron chi connectivity index (χ2n) is 8.99. The van der Waals surface area contributed by atoms with Gasteiger partial charge in [0, 0.05) is 31.4 Å². The van der Waals surface area contributed by atoms with Crippen LogP contribution in [0.5, 0.6) is 5.75 Å². The summed E-state index contributed by atoms with van der Waals surface area (Å²) in [6.45, 7) is -1.40. The number of hydrogen-bond donors (Lipinski definition) is 1. The van der Waals surface area contributed by atoms with E-state index in [4.69, 9.17) is 4.74 Å². The topological polar surface area (TPSA) is 88.2 Å². The molecule has 0 bridgehead atoms. The lowest BCUT2D eigenvalue weighted by Crippen LogP contribution is -2.44. The quantitative estimate of drug-likeness (QED) is 0.315. The zero-order valence-corrected chi connectivity index (χ0v) is 21.3. The van der Waals surface area contributed by atoms with E-state index in [0.717, 1.165) is 11.3 Å². The number of Topliss-reactive ketones (excluding diaryl/α,β-unsaturated/α-hetero) is 1. The minimum atomic E-state index is -1.80. The molecule has 0 radical (unpaired) electrons. The van der Waals surface area contributed by atoms with Gasteiger partial charge in [-0.25, -0.2) is 14.5 Å². The number of anilines is 2. The van der Waals surface area contributed by atoms with Crippen molar-refractivity contribution in [2.45, 2.75) is 31.8 Å². The molecule has 2 amide bonds. The third kappa shape index (κ3) is 6.54. The number of halogens is 1. The fraction of sp³-hybridized carbons (Fsp3) is 0.276. The highest BCUT2D eigenvalue weighted by Crippen LogP contribution is 2.26. The molecule has 4 rings (SSSR count). The molecule has 1 heterocycles. The van der Waals surface area contributed by atoms with Gasteiger partial charge in [0.25, 0.3) is 6.48 Å². The Labute approximate surface area is 221 Å². The van der Waals surface area contributed by atoms with E-state index in [0.29, 0.717) is 30.6 Å². The highest BCUT2D eigenvalue weighted by Gasteiger charge is 2.36. The molecule has 0 saturated carbocycles. The van der Waals surface area contributed by atoms with E-state index < -0.39 is 18.5 Å². The first-order chi connectivity index (χ1) is 18.4. The maximum Gasteiger partial charge on any atom is 0.337 e. The first-order valence-corrected chi connectivity index (χ1v) is 12.3. The molecule has 0 aromatic heterocycles. The number of hydrogen-bond acceptors (Lipinski definition) is 6. The van der Waals surface area contributed by atoms with E-state index in [2.05, 4.69) is 10.1 Å². The van der Waals surface area contributed by atoms with Crippen molar-refractivity contribution in [3.8, 4) is 5.75 Å². The number of amides is 2. The van der Waals surface area contributed by atoms with Crippen LogP contribution in [0.1, 0.15) is 28.8 Å². The Morgan fingerprint density at radius 2 is 1.71 bits per heavy atom. The molecule has 198 valence electrons. The first kappa shape index (κ1) is 26.8. The van der Waals surface area contributed by atoms with Crippen LogP contribution >= 0.6 is 0 Å². The van der Waals surface area contributed by atoms with E-state index in [1.54, 1.807) is 31.3 Å².